The number of thioether (sulfide) groups is 1. The van der Waals surface area contributed by atoms with Crippen LogP contribution in [0, 0.1) is 6.92 Å². The van der Waals surface area contributed by atoms with E-state index < -0.39 is 0 Å². The smallest absolute Gasteiger partial charge is 0.338 e. The van der Waals surface area contributed by atoms with Gasteiger partial charge in [-0.1, -0.05) is 11.6 Å². The second-order valence-corrected chi connectivity index (χ2v) is 6.14. The summed E-state index contributed by atoms with van der Waals surface area (Å²) in [5, 5.41) is 0.516. The Morgan fingerprint density at radius 1 is 1.61 bits per heavy atom. The Hall–Kier alpha value is -0.380. The van der Waals surface area contributed by atoms with Gasteiger partial charge in [0.15, 0.2) is 0 Å². The van der Waals surface area contributed by atoms with Crippen LogP contribution in [0.3, 0.4) is 0 Å². The molecular formula is C13H14Cl2O2S. The first kappa shape index (κ1) is 14.0. The third kappa shape index (κ3) is 2.49. The van der Waals surface area contributed by atoms with Gasteiger partial charge in [0.2, 0.25) is 0 Å². The number of fused-ring (bicyclic) bond motifs is 1. The molecule has 0 aromatic heterocycles. The van der Waals surface area contributed by atoms with Crippen molar-refractivity contribution in [3.63, 3.8) is 0 Å². The van der Waals surface area contributed by atoms with Gasteiger partial charge in [0.05, 0.1) is 22.6 Å². The third-order valence-electron chi connectivity index (χ3n) is 2.97. The number of carbonyl (C=O) groups is 1. The minimum Gasteiger partial charge on any atom is -0.462 e. The highest BCUT2D eigenvalue weighted by Crippen LogP contribution is 2.46. The molecular weight excluding hydrogens is 291 g/mol. The maximum absolute atomic E-state index is 11.9. The predicted molar refractivity (Wildman–Crippen MR) is 76.1 cm³/mol. The van der Waals surface area contributed by atoms with Crippen molar-refractivity contribution in [1.29, 1.82) is 0 Å². The summed E-state index contributed by atoms with van der Waals surface area (Å²) in [7, 11) is 0. The molecule has 2 rings (SSSR count). The van der Waals surface area contributed by atoms with Crippen LogP contribution in [0.15, 0.2) is 11.0 Å². The molecule has 0 fully saturated rings. The second kappa shape index (κ2) is 5.72. The normalized spacial score (nSPS) is 18.3. The summed E-state index contributed by atoms with van der Waals surface area (Å²) in [6.07, 6.45) is 0.892. The molecule has 0 bridgehead atoms. The van der Waals surface area contributed by atoms with Crippen LogP contribution >= 0.6 is 35.0 Å². The number of halogens is 2. The van der Waals surface area contributed by atoms with E-state index in [-0.39, 0.29) is 11.3 Å². The number of ether oxygens (including phenoxy) is 1. The van der Waals surface area contributed by atoms with Gasteiger partial charge in [-0.15, -0.1) is 23.4 Å². The van der Waals surface area contributed by atoms with Gasteiger partial charge >= 0.3 is 5.97 Å². The van der Waals surface area contributed by atoms with Crippen molar-refractivity contribution in [3.05, 3.63) is 27.8 Å². The predicted octanol–water partition coefficient (Wildman–Crippen LogP) is 4.60. The van der Waals surface area contributed by atoms with E-state index in [4.69, 9.17) is 27.9 Å². The molecule has 18 heavy (non-hydrogen) atoms. The summed E-state index contributed by atoms with van der Waals surface area (Å²) in [5.41, 5.74) is 2.40. The van der Waals surface area contributed by atoms with E-state index in [1.165, 1.54) is 0 Å². The molecule has 0 radical (unpaired) electrons. The monoisotopic (exact) mass is 304 g/mol. The van der Waals surface area contributed by atoms with Gasteiger partial charge in [0.1, 0.15) is 0 Å². The molecule has 1 atom stereocenters. The fourth-order valence-electron chi connectivity index (χ4n) is 2.10. The fraction of sp³-hybridized carbons (Fsp3) is 0.462. The number of rotatable bonds is 2. The number of esters is 1. The zero-order valence-corrected chi connectivity index (χ0v) is 12.6. The van der Waals surface area contributed by atoms with Gasteiger partial charge in [-0.3, -0.25) is 0 Å². The molecule has 1 unspecified atom stereocenters. The molecule has 0 aliphatic carbocycles. The fourth-order valence-corrected chi connectivity index (χ4v) is 4.25. The van der Waals surface area contributed by atoms with E-state index in [9.17, 15) is 4.79 Å². The number of alkyl halides is 1. The molecule has 2 nitrogen and oxygen atoms in total. The molecule has 1 aromatic rings. The van der Waals surface area contributed by atoms with E-state index in [1.54, 1.807) is 24.8 Å². The van der Waals surface area contributed by atoms with Gasteiger partial charge in [0.25, 0.3) is 0 Å². The topological polar surface area (TPSA) is 26.3 Å². The lowest BCUT2D eigenvalue weighted by atomic mass is 9.98. The molecule has 1 aromatic carbocycles. The van der Waals surface area contributed by atoms with Crippen LogP contribution in [0.5, 0.6) is 0 Å². The summed E-state index contributed by atoms with van der Waals surface area (Å²) in [4.78, 5) is 12.9. The largest absolute Gasteiger partial charge is 0.462 e. The van der Waals surface area contributed by atoms with Gasteiger partial charge in [-0.25, -0.2) is 4.79 Å². The van der Waals surface area contributed by atoms with Crippen molar-refractivity contribution >= 4 is 40.9 Å². The molecule has 1 heterocycles. The lowest BCUT2D eigenvalue weighted by Gasteiger charge is -2.24. The van der Waals surface area contributed by atoms with Gasteiger partial charge < -0.3 is 4.74 Å². The van der Waals surface area contributed by atoms with E-state index in [1.807, 2.05) is 6.92 Å². The Labute approximate surface area is 121 Å². The van der Waals surface area contributed by atoms with Crippen molar-refractivity contribution < 1.29 is 9.53 Å². The van der Waals surface area contributed by atoms with Crippen LogP contribution in [0.1, 0.15) is 40.2 Å². The summed E-state index contributed by atoms with van der Waals surface area (Å²) in [6.45, 7) is 4.04. The molecule has 0 saturated carbocycles. The van der Waals surface area contributed by atoms with E-state index in [0.717, 1.165) is 28.2 Å². The Bertz CT molecular complexity index is 488. The highest BCUT2D eigenvalue weighted by Gasteiger charge is 2.27. The molecule has 0 N–H and O–H groups in total. The Balaban J connectivity index is 2.54. The quantitative estimate of drug-likeness (QED) is 0.590. The van der Waals surface area contributed by atoms with Crippen LogP contribution in [0.25, 0.3) is 0 Å². The third-order valence-corrected chi connectivity index (χ3v) is 4.98. The molecule has 1 aliphatic heterocycles. The first-order chi connectivity index (χ1) is 8.56. The highest BCUT2D eigenvalue weighted by molar-refractivity contribution is 7.99. The summed E-state index contributed by atoms with van der Waals surface area (Å²) in [5.74, 6) is 0.623. The Morgan fingerprint density at radius 2 is 2.33 bits per heavy atom. The van der Waals surface area contributed by atoms with Crippen molar-refractivity contribution in [2.45, 2.75) is 30.5 Å². The molecule has 0 amide bonds. The standard InChI is InChI=1S/C13H14Cl2O2S/c1-3-17-13(16)8-6-10(15)12-11(7(8)2)9(14)4-5-18-12/h6,9H,3-5H2,1-2H3. The van der Waals surface area contributed by atoms with Gasteiger partial charge in [-0.05, 0) is 43.2 Å². The maximum Gasteiger partial charge on any atom is 0.338 e. The summed E-state index contributed by atoms with van der Waals surface area (Å²) in [6, 6.07) is 1.69. The van der Waals surface area contributed by atoms with Crippen LogP contribution in [-0.4, -0.2) is 18.3 Å². The Kier molecular flexibility index (Phi) is 4.46. The molecule has 1 aliphatic rings. The average Bonchev–Trinajstić information content (AvgIpc) is 2.33. The lowest BCUT2D eigenvalue weighted by molar-refractivity contribution is 0.0525. The first-order valence-corrected chi connectivity index (χ1v) is 7.63. The lowest BCUT2D eigenvalue weighted by Crippen LogP contribution is -2.12. The van der Waals surface area contributed by atoms with Crippen molar-refractivity contribution in [2.75, 3.05) is 12.4 Å². The zero-order valence-electron chi connectivity index (χ0n) is 10.3. The SMILES string of the molecule is CCOC(=O)c1cc(Cl)c2c(c1C)C(Cl)CCS2. The molecule has 98 valence electrons. The molecule has 0 spiro atoms. The van der Waals surface area contributed by atoms with Gasteiger partial charge in [-0.2, -0.15) is 0 Å². The minimum atomic E-state index is -0.334. The van der Waals surface area contributed by atoms with Crippen molar-refractivity contribution in [3.8, 4) is 0 Å². The zero-order chi connectivity index (χ0) is 13.3. The first-order valence-electron chi connectivity index (χ1n) is 5.83. The summed E-state index contributed by atoms with van der Waals surface area (Å²) < 4.78 is 5.04. The van der Waals surface area contributed by atoms with Crippen LogP contribution < -0.4 is 0 Å². The van der Waals surface area contributed by atoms with Gasteiger partial charge in [0, 0.05) is 4.90 Å². The Morgan fingerprint density at radius 3 is 3.00 bits per heavy atom. The van der Waals surface area contributed by atoms with E-state index >= 15 is 0 Å². The summed E-state index contributed by atoms with van der Waals surface area (Å²) >= 11 is 14.3. The molecule has 5 heteroatoms. The van der Waals surface area contributed by atoms with E-state index in [2.05, 4.69) is 0 Å². The van der Waals surface area contributed by atoms with Crippen LogP contribution in [-0.2, 0) is 4.74 Å². The highest BCUT2D eigenvalue weighted by atomic mass is 35.5. The van der Waals surface area contributed by atoms with E-state index in [0.29, 0.717) is 17.2 Å². The number of benzene rings is 1. The minimum absolute atomic E-state index is 0.0758. The number of hydrogen-bond donors (Lipinski definition) is 0. The second-order valence-electron chi connectivity index (χ2n) is 4.10. The number of hydrogen-bond acceptors (Lipinski definition) is 3. The molecule has 0 saturated heterocycles. The van der Waals surface area contributed by atoms with Crippen LogP contribution in [0.2, 0.25) is 5.02 Å². The van der Waals surface area contributed by atoms with Crippen molar-refractivity contribution in [2.24, 2.45) is 0 Å². The van der Waals surface area contributed by atoms with Crippen molar-refractivity contribution in [1.82, 2.24) is 0 Å². The maximum atomic E-state index is 11.9. The number of carbonyl (C=O) groups excluding carboxylic acids is 1. The van der Waals surface area contributed by atoms with Crippen LogP contribution in [0.4, 0.5) is 0 Å². The average molecular weight is 305 g/mol.